The Balaban J connectivity index is 1.82. The Morgan fingerprint density at radius 3 is 2.41 bits per heavy atom. The second kappa shape index (κ2) is 7.70. The van der Waals surface area contributed by atoms with E-state index < -0.39 is 11.8 Å². The first-order valence-electron chi connectivity index (χ1n) is 7.59. The molecule has 0 radical (unpaired) electrons. The first-order valence-corrected chi connectivity index (χ1v) is 7.59. The van der Waals surface area contributed by atoms with Crippen LogP contribution in [0.1, 0.15) is 31.4 Å². The van der Waals surface area contributed by atoms with Crippen LogP contribution in [0.25, 0.3) is 0 Å². The van der Waals surface area contributed by atoms with Crippen molar-refractivity contribution in [1.82, 2.24) is 10.7 Å². The van der Waals surface area contributed by atoms with Crippen LogP contribution in [0.15, 0.2) is 35.4 Å². The van der Waals surface area contributed by atoms with Crippen LogP contribution in [0.3, 0.4) is 0 Å². The monoisotopic (exact) mass is 303 g/mol. The number of nitrogens with one attached hydrogen (secondary N) is 3. The smallest absolute Gasteiger partial charge is 0.329 e. The van der Waals surface area contributed by atoms with Crippen LogP contribution in [-0.4, -0.2) is 37.7 Å². The molecular formula is C16H23N4O2+. The Labute approximate surface area is 130 Å². The molecule has 6 nitrogen and oxygen atoms in total. The average Bonchev–Trinajstić information content (AvgIpc) is 2.54. The van der Waals surface area contributed by atoms with Gasteiger partial charge in [0.15, 0.2) is 0 Å². The lowest BCUT2D eigenvalue weighted by atomic mass is 10.1. The molecule has 0 aliphatic carbocycles. The van der Waals surface area contributed by atoms with Gasteiger partial charge in [-0.1, -0.05) is 30.3 Å². The molecule has 1 aromatic carbocycles. The zero-order valence-electron chi connectivity index (χ0n) is 13.1. The van der Waals surface area contributed by atoms with Crippen molar-refractivity contribution >= 4 is 17.5 Å². The fourth-order valence-corrected chi connectivity index (χ4v) is 2.34. The highest BCUT2D eigenvalue weighted by molar-refractivity contribution is 6.35. The highest BCUT2D eigenvalue weighted by atomic mass is 16.2. The van der Waals surface area contributed by atoms with E-state index in [2.05, 4.69) is 22.9 Å². The Morgan fingerprint density at radius 2 is 1.77 bits per heavy atom. The standard InChI is InChI=1S/C16H22N4O2/c1-12(13-6-4-3-5-7-13)17-15(21)16(22)19-18-14-8-10-20(2)11-9-14/h3-7,12H,8-11H2,1-2H3,(H,17,21)(H,19,22)/p+1/t12-/m1/s1. The maximum atomic E-state index is 11.9. The van der Waals surface area contributed by atoms with Crippen molar-refractivity contribution in [3.05, 3.63) is 35.9 Å². The van der Waals surface area contributed by atoms with Crippen LogP contribution < -0.4 is 15.6 Å². The fourth-order valence-electron chi connectivity index (χ4n) is 2.34. The molecule has 1 aliphatic heterocycles. The van der Waals surface area contributed by atoms with Gasteiger partial charge in [-0.3, -0.25) is 9.59 Å². The number of hydrazone groups is 1. The average molecular weight is 303 g/mol. The molecule has 0 bridgehead atoms. The molecule has 0 unspecified atom stereocenters. The fraction of sp³-hybridized carbons (Fsp3) is 0.438. The van der Waals surface area contributed by atoms with E-state index in [1.165, 1.54) is 4.90 Å². The molecule has 6 heteroatoms. The summed E-state index contributed by atoms with van der Waals surface area (Å²) in [5.41, 5.74) is 4.25. The minimum absolute atomic E-state index is 0.223. The van der Waals surface area contributed by atoms with E-state index in [9.17, 15) is 9.59 Å². The van der Waals surface area contributed by atoms with Crippen molar-refractivity contribution in [3.8, 4) is 0 Å². The molecule has 3 N–H and O–H groups in total. The van der Waals surface area contributed by atoms with E-state index >= 15 is 0 Å². The molecule has 2 amide bonds. The summed E-state index contributed by atoms with van der Waals surface area (Å²) in [6.07, 6.45) is 1.71. The third-order valence-corrected chi connectivity index (χ3v) is 3.85. The summed E-state index contributed by atoms with van der Waals surface area (Å²) in [5.74, 6) is -1.39. The van der Waals surface area contributed by atoms with Gasteiger partial charge >= 0.3 is 11.8 Å². The molecule has 2 rings (SSSR count). The second-order valence-corrected chi connectivity index (χ2v) is 5.68. The molecule has 1 atom stereocenters. The number of piperidine rings is 1. The summed E-state index contributed by atoms with van der Waals surface area (Å²) in [6.45, 7) is 3.85. The van der Waals surface area contributed by atoms with Crippen molar-refractivity contribution in [2.24, 2.45) is 5.10 Å². The molecule has 0 spiro atoms. The lowest BCUT2D eigenvalue weighted by molar-refractivity contribution is -0.880. The van der Waals surface area contributed by atoms with E-state index in [1.807, 2.05) is 37.3 Å². The summed E-state index contributed by atoms with van der Waals surface area (Å²) in [4.78, 5) is 25.1. The highest BCUT2D eigenvalue weighted by Crippen LogP contribution is 2.10. The van der Waals surface area contributed by atoms with Gasteiger partial charge in [-0.2, -0.15) is 5.10 Å². The third kappa shape index (κ3) is 4.66. The lowest BCUT2D eigenvalue weighted by Crippen LogP contribution is -3.10. The number of carbonyl (C=O) groups is 2. The summed E-state index contributed by atoms with van der Waals surface area (Å²) in [5, 5.41) is 6.73. The van der Waals surface area contributed by atoms with Gasteiger partial charge < -0.3 is 10.2 Å². The van der Waals surface area contributed by atoms with Crippen molar-refractivity contribution in [2.75, 3.05) is 20.1 Å². The maximum Gasteiger partial charge on any atom is 0.329 e. The lowest BCUT2D eigenvalue weighted by Gasteiger charge is -2.20. The zero-order chi connectivity index (χ0) is 15.9. The SMILES string of the molecule is C[C@@H](NC(=O)C(=O)NN=C1CC[NH+](C)CC1)c1ccccc1. The quantitative estimate of drug-likeness (QED) is 0.527. The molecule has 118 valence electrons. The highest BCUT2D eigenvalue weighted by Gasteiger charge is 2.18. The van der Waals surface area contributed by atoms with Crippen LogP contribution in [0.5, 0.6) is 0 Å². The first kappa shape index (κ1) is 16.2. The molecule has 1 heterocycles. The number of quaternary nitrogens is 1. The summed E-state index contributed by atoms with van der Waals surface area (Å²) >= 11 is 0. The Kier molecular flexibility index (Phi) is 5.66. The predicted octanol–water partition coefficient (Wildman–Crippen LogP) is -0.355. The van der Waals surface area contributed by atoms with E-state index in [0.29, 0.717) is 0 Å². The summed E-state index contributed by atoms with van der Waals surface area (Å²) < 4.78 is 0. The van der Waals surface area contributed by atoms with Crippen LogP contribution in [0.4, 0.5) is 0 Å². The van der Waals surface area contributed by atoms with Gasteiger partial charge in [0.2, 0.25) is 0 Å². The molecule has 0 aromatic heterocycles. The number of amides is 2. The largest absolute Gasteiger partial charge is 0.341 e. The molecule has 1 saturated heterocycles. The summed E-state index contributed by atoms with van der Waals surface area (Å²) in [6, 6.07) is 9.29. The number of rotatable bonds is 3. The van der Waals surface area contributed by atoms with Gasteiger partial charge in [0.05, 0.1) is 26.2 Å². The minimum atomic E-state index is -0.721. The number of hydrogen-bond donors (Lipinski definition) is 3. The van der Waals surface area contributed by atoms with Crippen molar-refractivity contribution in [3.63, 3.8) is 0 Å². The number of carbonyl (C=O) groups excluding carboxylic acids is 2. The zero-order valence-corrected chi connectivity index (χ0v) is 13.1. The van der Waals surface area contributed by atoms with Gasteiger partial charge in [-0.05, 0) is 12.5 Å². The third-order valence-electron chi connectivity index (χ3n) is 3.85. The molecule has 22 heavy (non-hydrogen) atoms. The van der Waals surface area contributed by atoms with E-state index in [4.69, 9.17) is 0 Å². The molecule has 1 fully saturated rings. The molecular weight excluding hydrogens is 280 g/mol. The van der Waals surface area contributed by atoms with Crippen molar-refractivity contribution in [2.45, 2.75) is 25.8 Å². The Morgan fingerprint density at radius 1 is 1.14 bits per heavy atom. The topological polar surface area (TPSA) is 75.0 Å². The van der Waals surface area contributed by atoms with E-state index in [0.717, 1.165) is 37.2 Å². The maximum absolute atomic E-state index is 11.9. The van der Waals surface area contributed by atoms with Gasteiger partial charge in [-0.25, -0.2) is 5.43 Å². The van der Waals surface area contributed by atoms with Gasteiger partial charge in [0.25, 0.3) is 0 Å². The first-order chi connectivity index (χ1) is 10.6. The van der Waals surface area contributed by atoms with Crippen LogP contribution in [-0.2, 0) is 9.59 Å². The van der Waals surface area contributed by atoms with Gasteiger partial charge in [0.1, 0.15) is 0 Å². The Bertz CT molecular complexity index is 547. The van der Waals surface area contributed by atoms with Crippen molar-refractivity contribution in [1.29, 1.82) is 0 Å². The molecule has 1 aromatic rings. The number of hydrogen-bond acceptors (Lipinski definition) is 3. The molecule has 1 aliphatic rings. The van der Waals surface area contributed by atoms with Gasteiger partial charge in [0, 0.05) is 18.6 Å². The summed E-state index contributed by atoms with van der Waals surface area (Å²) in [7, 11) is 2.13. The number of likely N-dealkylation sites (tertiary alicyclic amines) is 1. The van der Waals surface area contributed by atoms with Crippen LogP contribution in [0, 0.1) is 0 Å². The number of benzene rings is 1. The van der Waals surface area contributed by atoms with Gasteiger partial charge in [-0.15, -0.1) is 0 Å². The predicted molar refractivity (Wildman–Crippen MR) is 84.4 cm³/mol. The van der Waals surface area contributed by atoms with E-state index in [-0.39, 0.29) is 6.04 Å². The Hall–Kier alpha value is -2.21. The van der Waals surface area contributed by atoms with Crippen LogP contribution in [0.2, 0.25) is 0 Å². The minimum Gasteiger partial charge on any atom is -0.341 e. The molecule has 0 saturated carbocycles. The van der Waals surface area contributed by atoms with Crippen LogP contribution >= 0.6 is 0 Å². The normalized spacial score (nSPS) is 19.2. The van der Waals surface area contributed by atoms with Crippen molar-refractivity contribution < 1.29 is 14.5 Å². The second-order valence-electron chi connectivity index (χ2n) is 5.68. The van der Waals surface area contributed by atoms with E-state index in [1.54, 1.807) is 0 Å². The number of nitrogens with zero attached hydrogens (tertiary/aromatic N) is 1.